The van der Waals surface area contributed by atoms with Crippen LogP contribution in [0.5, 0.6) is 17.5 Å². The lowest BCUT2D eigenvalue weighted by Gasteiger charge is -2.30. The first kappa shape index (κ1) is 23.5. The molecule has 1 N–H and O–H groups in total. The number of carbonyl (C=O) groups excluding carboxylic acids is 1. The van der Waals surface area contributed by atoms with E-state index in [1.165, 1.54) is 6.33 Å². The summed E-state index contributed by atoms with van der Waals surface area (Å²) in [7, 11) is 0. The van der Waals surface area contributed by atoms with E-state index in [0.29, 0.717) is 23.9 Å². The van der Waals surface area contributed by atoms with Gasteiger partial charge < -0.3 is 19.7 Å². The number of likely N-dealkylation sites (tertiary alicyclic amines) is 1. The van der Waals surface area contributed by atoms with Gasteiger partial charge in [0.05, 0.1) is 17.4 Å². The van der Waals surface area contributed by atoms with Crippen LogP contribution in [0.2, 0.25) is 0 Å². The molecule has 0 spiro atoms. The Bertz CT molecular complexity index is 1120. The predicted octanol–water partition coefficient (Wildman–Crippen LogP) is 5.52. The minimum atomic E-state index is -0.149. The Morgan fingerprint density at radius 2 is 1.85 bits per heavy atom. The number of benzene rings is 1. The molecule has 8 heteroatoms. The molecule has 1 aliphatic rings. The molecule has 1 aliphatic heterocycles. The zero-order valence-electron chi connectivity index (χ0n) is 20.1. The van der Waals surface area contributed by atoms with Gasteiger partial charge in [0.2, 0.25) is 11.8 Å². The summed E-state index contributed by atoms with van der Waals surface area (Å²) in [6.45, 7) is 7.85. The van der Waals surface area contributed by atoms with Crippen LogP contribution in [0.15, 0.2) is 55.0 Å². The molecular weight excluding hydrogens is 430 g/mol. The second-order valence-electron chi connectivity index (χ2n) is 8.75. The number of carbonyl (C=O) groups is 1. The normalized spacial score (nSPS) is 18.4. The Hall–Kier alpha value is -3.68. The van der Waals surface area contributed by atoms with Crippen LogP contribution in [-0.4, -0.2) is 44.1 Å². The van der Waals surface area contributed by atoms with Gasteiger partial charge in [-0.05, 0) is 64.8 Å². The smallest absolute Gasteiger partial charge is 0.322 e. The second kappa shape index (κ2) is 10.5. The Labute approximate surface area is 200 Å². The number of pyridine rings is 1. The number of aromatic nitrogens is 3. The highest BCUT2D eigenvalue weighted by Crippen LogP contribution is 2.31. The summed E-state index contributed by atoms with van der Waals surface area (Å²) in [5.74, 6) is 1.56. The predicted molar refractivity (Wildman–Crippen MR) is 130 cm³/mol. The van der Waals surface area contributed by atoms with Crippen molar-refractivity contribution in [1.29, 1.82) is 0 Å². The Balaban J connectivity index is 1.41. The number of hydrogen-bond donors (Lipinski definition) is 1. The Morgan fingerprint density at radius 1 is 1.09 bits per heavy atom. The highest BCUT2D eigenvalue weighted by molar-refractivity contribution is 5.89. The van der Waals surface area contributed by atoms with Crippen molar-refractivity contribution in [2.24, 2.45) is 0 Å². The third-order valence-corrected chi connectivity index (χ3v) is 6.12. The SMILES string of the molecule is Cc1ncccc1Oc1ncnc(O[C@H](C)CC2CCC(C)N2C(=O)Nc2ccccc2)c1C. The maximum Gasteiger partial charge on any atom is 0.322 e. The van der Waals surface area contributed by atoms with Gasteiger partial charge in [-0.25, -0.2) is 14.8 Å². The molecule has 3 aromatic rings. The van der Waals surface area contributed by atoms with E-state index in [9.17, 15) is 4.79 Å². The van der Waals surface area contributed by atoms with E-state index < -0.39 is 0 Å². The molecule has 2 aromatic heterocycles. The molecule has 1 aromatic carbocycles. The number of para-hydroxylation sites is 1. The number of ether oxygens (including phenoxy) is 2. The van der Waals surface area contributed by atoms with E-state index in [0.717, 1.165) is 29.8 Å². The van der Waals surface area contributed by atoms with Gasteiger partial charge in [-0.2, -0.15) is 0 Å². The number of urea groups is 1. The van der Waals surface area contributed by atoms with Crippen molar-refractivity contribution in [2.75, 3.05) is 5.32 Å². The molecule has 34 heavy (non-hydrogen) atoms. The topological polar surface area (TPSA) is 89.5 Å². The van der Waals surface area contributed by atoms with Gasteiger partial charge in [-0.1, -0.05) is 18.2 Å². The van der Waals surface area contributed by atoms with Crippen LogP contribution in [0, 0.1) is 13.8 Å². The highest BCUT2D eigenvalue weighted by atomic mass is 16.5. The van der Waals surface area contributed by atoms with Gasteiger partial charge in [-0.3, -0.25) is 4.98 Å². The van der Waals surface area contributed by atoms with Gasteiger partial charge in [0.1, 0.15) is 6.33 Å². The van der Waals surface area contributed by atoms with Crippen LogP contribution in [0.25, 0.3) is 0 Å². The van der Waals surface area contributed by atoms with Gasteiger partial charge in [0.25, 0.3) is 0 Å². The average molecular weight is 462 g/mol. The maximum atomic E-state index is 13.0. The van der Waals surface area contributed by atoms with E-state index in [4.69, 9.17) is 9.47 Å². The fourth-order valence-corrected chi connectivity index (χ4v) is 4.32. The van der Waals surface area contributed by atoms with E-state index in [2.05, 4.69) is 27.2 Å². The fourth-order valence-electron chi connectivity index (χ4n) is 4.32. The minimum absolute atomic E-state index is 0.0749. The van der Waals surface area contributed by atoms with E-state index in [1.807, 2.05) is 68.1 Å². The second-order valence-corrected chi connectivity index (χ2v) is 8.75. The van der Waals surface area contributed by atoms with Crippen molar-refractivity contribution < 1.29 is 14.3 Å². The standard InChI is InChI=1S/C26H31N5O3/c1-17-12-13-22(31(17)26(32)30-21-9-6-5-7-10-21)15-18(2)33-24-19(3)25(29-16-28-24)34-23-11-8-14-27-20(23)4/h5-11,14,16-18,22H,12-13,15H2,1-4H3,(H,30,32)/t17?,18-,22?/m1/s1. The molecule has 3 heterocycles. The first-order valence-electron chi connectivity index (χ1n) is 11.6. The zero-order chi connectivity index (χ0) is 24.1. The molecule has 3 atom stereocenters. The van der Waals surface area contributed by atoms with Crippen molar-refractivity contribution in [3.8, 4) is 17.5 Å². The number of rotatable bonds is 7. The number of anilines is 1. The summed E-state index contributed by atoms with van der Waals surface area (Å²) < 4.78 is 12.2. The minimum Gasteiger partial charge on any atom is -0.474 e. The van der Waals surface area contributed by atoms with E-state index in [-0.39, 0.29) is 24.2 Å². The molecule has 2 amide bonds. The maximum absolute atomic E-state index is 13.0. The highest BCUT2D eigenvalue weighted by Gasteiger charge is 2.35. The molecule has 178 valence electrons. The quantitative estimate of drug-likeness (QED) is 0.498. The largest absolute Gasteiger partial charge is 0.474 e. The molecule has 8 nitrogen and oxygen atoms in total. The number of aryl methyl sites for hydroxylation is 1. The van der Waals surface area contributed by atoms with Crippen LogP contribution < -0.4 is 14.8 Å². The lowest BCUT2D eigenvalue weighted by Crippen LogP contribution is -2.44. The van der Waals surface area contributed by atoms with Crippen molar-refractivity contribution in [1.82, 2.24) is 19.9 Å². The number of amides is 2. The van der Waals surface area contributed by atoms with Crippen LogP contribution in [0.3, 0.4) is 0 Å². The molecule has 4 rings (SSSR count). The van der Waals surface area contributed by atoms with Gasteiger partial charge >= 0.3 is 6.03 Å². The number of hydrogen-bond acceptors (Lipinski definition) is 6. The van der Waals surface area contributed by atoms with E-state index in [1.54, 1.807) is 6.20 Å². The van der Waals surface area contributed by atoms with Gasteiger partial charge in [-0.15, -0.1) is 0 Å². The van der Waals surface area contributed by atoms with Gasteiger partial charge in [0, 0.05) is 30.4 Å². The molecule has 0 aliphatic carbocycles. The van der Waals surface area contributed by atoms with Crippen molar-refractivity contribution in [2.45, 2.75) is 65.1 Å². The Kier molecular flexibility index (Phi) is 7.25. The first-order chi connectivity index (χ1) is 16.4. The molecule has 0 saturated carbocycles. The summed E-state index contributed by atoms with van der Waals surface area (Å²) in [4.78, 5) is 27.8. The molecule has 0 bridgehead atoms. The zero-order valence-corrected chi connectivity index (χ0v) is 20.1. The number of nitrogens with one attached hydrogen (secondary N) is 1. The average Bonchev–Trinajstić information content (AvgIpc) is 3.18. The molecular formula is C26H31N5O3. The summed E-state index contributed by atoms with van der Waals surface area (Å²) in [5, 5.41) is 3.02. The van der Waals surface area contributed by atoms with Crippen LogP contribution in [0.4, 0.5) is 10.5 Å². The lowest BCUT2D eigenvalue weighted by atomic mass is 10.1. The molecule has 2 unspecified atom stereocenters. The first-order valence-corrected chi connectivity index (χ1v) is 11.6. The van der Waals surface area contributed by atoms with Crippen LogP contribution >= 0.6 is 0 Å². The van der Waals surface area contributed by atoms with Crippen LogP contribution in [0.1, 0.15) is 44.4 Å². The third kappa shape index (κ3) is 5.44. The summed E-state index contributed by atoms with van der Waals surface area (Å²) >= 11 is 0. The molecule has 1 saturated heterocycles. The van der Waals surface area contributed by atoms with Gasteiger partial charge in [0.15, 0.2) is 5.75 Å². The van der Waals surface area contributed by atoms with Crippen LogP contribution in [-0.2, 0) is 0 Å². The Morgan fingerprint density at radius 3 is 2.62 bits per heavy atom. The summed E-state index contributed by atoms with van der Waals surface area (Å²) in [6.07, 6.45) is 5.62. The fraction of sp³-hybridized carbons (Fsp3) is 0.385. The summed E-state index contributed by atoms with van der Waals surface area (Å²) in [5.41, 5.74) is 2.29. The summed E-state index contributed by atoms with van der Waals surface area (Å²) in [6, 6.07) is 13.4. The lowest BCUT2D eigenvalue weighted by molar-refractivity contribution is 0.143. The monoisotopic (exact) mass is 461 g/mol. The number of nitrogens with zero attached hydrogens (tertiary/aromatic N) is 4. The third-order valence-electron chi connectivity index (χ3n) is 6.12. The van der Waals surface area contributed by atoms with E-state index >= 15 is 0 Å². The van der Waals surface area contributed by atoms with Crippen molar-refractivity contribution >= 4 is 11.7 Å². The molecule has 1 fully saturated rings. The molecule has 0 radical (unpaired) electrons. The van der Waals surface area contributed by atoms with Crippen molar-refractivity contribution in [3.63, 3.8) is 0 Å². The van der Waals surface area contributed by atoms with Crippen molar-refractivity contribution in [3.05, 3.63) is 66.2 Å².